The molecule has 2 aromatic carbocycles. The molecule has 4 N–H and O–H groups in total. The number of carbonyl (C=O) groups excluding carboxylic acids is 1. The fraction of sp³-hybridized carbons (Fsp3) is 0.273. The predicted molar refractivity (Wildman–Crippen MR) is 122 cm³/mol. The number of benzene rings is 2. The van der Waals surface area contributed by atoms with E-state index in [1.54, 1.807) is 36.4 Å². The first-order valence-corrected chi connectivity index (χ1v) is 11.5. The summed E-state index contributed by atoms with van der Waals surface area (Å²) >= 11 is 0. The number of sulfonamides is 1. The minimum absolute atomic E-state index is 0.00544. The SMILES string of the molecule is Cc1cc(CNC(=O)c2cc(NCC(C)C)cc(S(=O)(=O)Nc3ccccc3)c2)n[nH]1. The van der Waals surface area contributed by atoms with Crippen molar-refractivity contribution in [2.45, 2.75) is 32.2 Å². The van der Waals surface area contributed by atoms with Crippen LogP contribution in [-0.2, 0) is 16.6 Å². The highest BCUT2D eigenvalue weighted by Gasteiger charge is 2.19. The fourth-order valence-electron chi connectivity index (χ4n) is 2.87. The van der Waals surface area contributed by atoms with E-state index in [0.29, 0.717) is 29.5 Å². The molecule has 3 aromatic rings. The molecule has 0 atom stereocenters. The van der Waals surface area contributed by atoms with Gasteiger partial charge in [-0.25, -0.2) is 8.42 Å². The Balaban J connectivity index is 1.87. The van der Waals surface area contributed by atoms with Gasteiger partial charge in [0.2, 0.25) is 0 Å². The molecule has 9 heteroatoms. The van der Waals surface area contributed by atoms with Crippen LogP contribution in [0.15, 0.2) is 59.5 Å². The van der Waals surface area contributed by atoms with Crippen LogP contribution in [0.3, 0.4) is 0 Å². The summed E-state index contributed by atoms with van der Waals surface area (Å²) < 4.78 is 28.5. The van der Waals surface area contributed by atoms with E-state index < -0.39 is 10.0 Å². The van der Waals surface area contributed by atoms with Gasteiger partial charge in [0.1, 0.15) is 0 Å². The molecule has 164 valence electrons. The van der Waals surface area contributed by atoms with Gasteiger partial charge in [-0.05, 0) is 49.2 Å². The third kappa shape index (κ3) is 6.32. The van der Waals surface area contributed by atoms with Gasteiger partial charge in [0.05, 0.1) is 17.1 Å². The lowest BCUT2D eigenvalue weighted by Crippen LogP contribution is -2.24. The molecule has 1 heterocycles. The molecule has 0 unspecified atom stereocenters. The quantitative estimate of drug-likeness (QED) is 0.405. The second-order valence-electron chi connectivity index (χ2n) is 7.72. The van der Waals surface area contributed by atoms with Gasteiger partial charge in [-0.2, -0.15) is 5.10 Å². The Morgan fingerprint density at radius 2 is 1.81 bits per heavy atom. The average molecular weight is 442 g/mol. The maximum absolute atomic E-state index is 13.0. The Labute approximate surface area is 182 Å². The van der Waals surface area contributed by atoms with Crippen LogP contribution in [0.2, 0.25) is 0 Å². The lowest BCUT2D eigenvalue weighted by molar-refractivity contribution is 0.0950. The van der Waals surface area contributed by atoms with Gasteiger partial charge in [-0.3, -0.25) is 14.6 Å². The Bertz CT molecular complexity index is 1140. The molecular weight excluding hydrogens is 414 g/mol. The van der Waals surface area contributed by atoms with Gasteiger partial charge in [-0.1, -0.05) is 32.0 Å². The smallest absolute Gasteiger partial charge is 0.261 e. The van der Waals surface area contributed by atoms with Crippen molar-refractivity contribution in [1.29, 1.82) is 0 Å². The van der Waals surface area contributed by atoms with Gasteiger partial charge >= 0.3 is 0 Å². The number of carbonyl (C=O) groups is 1. The van der Waals surface area contributed by atoms with Crippen LogP contribution in [0.5, 0.6) is 0 Å². The zero-order chi connectivity index (χ0) is 22.4. The van der Waals surface area contributed by atoms with Crippen LogP contribution in [0.1, 0.15) is 35.6 Å². The Morgan fingerprint density at radius 3 is 2.45 bits per heavy atom. The molecule has 1 amide bonds. The van der Waals surface area contributed by atoms with E-state index in [1.807, 2.05) is 26.8 Å². The summed E-state index contributed by atoms with van der Waals surface area (Å²) in [6.07, 6.45) is 0. The summed E-state index contributed by atoms with van der Waals surface area (Å²) in [6, 6.07) is 15.0. The molecule has 0 fully saturated rings. The predicted octanol–water partition coefficient (Wildman–Crippen LogP) is 3.52. The second kappa shape index (κ2) is 9.65. The van der Waals surface area contributed by atoms with Gasteiger partial charge in [-0.15, -0.1) is 0 Å². The molecular formula is C22H27N5O3S. The van der Waals surface area contributed by atoms with Crippen LogP contribution >= 0.6 is 0 Å². The van der Waals surface area contributed by atoms with E-state index in [4.69, 9.17) is 0 Å². The first kappa shape index (κ1) is 22.4. The highest BCUT2D eigenvalue weighted by molar-refractivity contribution is 7.92. The number of anilines is 2. The largest absolute Gasteiger partial charge is 0.385 e. The first-order chi connectivity index (χ1) is 14.7. The van der Waals surface area contributed by atoms with Gasteiger partial charge in [0, 0.05) is 29.2 Å². The second-order valence-corrected chi connectivity index (χ2v) is 9.40. The standard InChI is InChI=1S/C22H27N5O3S/c1-15(2)13-23-19-10-17(22(28)24-14-20-9-16(3)25-26-20)11-21(12-19)31(29,30)27-18-7-5-4-6-8-18/h4-12,15,23,27H,13-14H2,1-3H3,(H,24,28)(H,25,26). The molecule has 1 aromatic heterocycles. The van der Waals surface area contributed by atoms with E-state index in [9.17, 15) is 13.2 Å². The van der Waals surface area contributed by atoms with E-state index in [-0.39, 0.29) is 22.9 Å². The van der Waals surface area contributed by atoms with Crippen molar-refractivity contribution in [2.24, 2.45) is 5.92 Å². The summed E-state index contributed by atoms with van der Waals surface area (Å²) in [5.74, 6) is -0.0344. The maximum Gasteiger partial charge on any atom is 0.261 e. The molecule has 0 aliphatic rings. The minimum atomic E-state index is -3.88. The van der Waals surface area contributed by atoms with Gasteiger partial charge < -0.3 is 10.6 Å². The summed E-state index contributed by atoms with van der Waals surface area (Å²) in [4.78, 5) is 12.8. The number of para-hydroxylation sites is 1. The third-order valence-corrected chi connectivity index (χ3v) is 5.77. The Morgan fingerprint density at radius 1 is 1.06 bits per heavy atom. The van der Waals surface area contributed by atoms with E-state index in [0.717, 1.165) is 5.69 Å². The first-order valence-electron chi connectivity index (χ1n) is 9.99. The normalized spacial score (nSPS) is 11.4. The van der Waals surface area contributed by atoms with Crippen molar-refractivity contribution in [1.82, 2.24) is 15.5 Å². The number of hydrogen-bond donors (Lipinski definition) is 4. The molecule has 3 rings (SSSR count). The van der Waals surface area contributed by atoms with Crippen LogP contribution < -0.4 is 15.4 Å². The third-order valence-electron chi connectivity index (χ3n) is 4.41. The number of aromatic amines is 1. The molecule has 0 saturated heterocycles. The van der Waals surface area contributed by atoms with Crippen molar-refractivity contribution in [3.05, 3.63) is 71.5 Å². The van der Waals surface area contributed by atoms with Crippen LogP contribution in [0, 0.1) is 12.8 Å². The average Bonchev–Trinajstić information content (AvgIpc) is 3.16. The van der Waals surface area contributed by atoms with E-state index in [2.05, 4.69) is 25.6 Å². The van der Waals surface area contributed by atoms with Crippen molar-refractivity contribution >= 4 is 27.3 Å². The monoisotopic (exact) mass is 441 g/mol. The number of nitrogens with one attached hydrogen (secondary N) is 4. The van der Waals surface area contributed by atoms with Crippen LogP contribution in [0.25, 0.3) is 0 Å². The zero-order valence-electron chi connectivity index (χ0n) is 17.8. The van der Waals surface area contributed by atoms with Crippen LogP contribution in [-0.4, -0.2) is 31.1 Å². The zero-order valence-corrected chi connectivity index (χ0v) is 18.6. The van der Waals surface area contributed by atoms with Gasteiger partial charge in [0.25, 0.3) is 15.9 Å². The number of H-pyrrole nitrogens is 1. The Hall–Kier alpha value is -3.33. The molecule has 0 aliphatic carbocycles. The lowest BCUT2D eigenvalue weighted by atomic mass is 10.1. The molecule has 31 heavy (non-hydrogen) atoms. The van der Waals surface area contributed by atoms with E-state index >= 15 is 0 Å². The molecule has 0 radical (unpaired) electrons. The molecule has 8 nitrogen and oxygen atoms in total. The summed E-state index contributed by atoms with van der Waals surface area (Å²) in [7, 11) is -3.88. The lowest BCUT2D eigenvalue weighted by Gasteiger charge is -2.14. The summed E-state index contributed by atoms with van der Waals surface area (Å²) in [6.45, 7) is 6.84. The molecule has 0 aliphatic heterocycles. The van der Waals surface area contributed by atoms with E-state index in [1.165, 1.54) is 12.1 Å². The number of amides is 1. The molecule has 0 saturated carbocycles. The fourth-order valence-corrected chi connectivity index (χ4v) is 4.00. The van der Waals surface area contributed by atoms with Crippen molar-refractivity contribution in [2.75, 3.05) is 16.6 Å². The Kier molecular flexibility index (Phi) is 6.96. The summed E-state index contributed by atoms with van der Waals surface area (Å²) in [5, 5.41) is 12.9. The number of hydrogen-bond acceptors (Lipinski definition) is 5. The summed E-state index contributed by atoms with van der Waals surface area (Å²) in [5.41, 5.74) is 2.84. The number of rotatable bonds is 9. The number of aryl methyl sites for hydroxylation is 1. The molecule has 0 spiro atoms. The van der Waals surface area contributed by atoms with Crippen molar-refractivity contribution in [3.63, 3.8) is 0 Å². The maximum atomic E-state index is 13.0. The highest BCUT2D eigenvalue weighted by atomic mass is 32.2. The number of nitrogens with zero attached hydrogens (tertiary/aromatic N) is 1. The molecule has 0 bridgehead atoms. The van der Waals surface area contributed by atoms with Gasteiger partial charge in [0.15, 0.2) is 0 Å². The van der Waals surface area contributed by atoms with Crippen molar-refractivity contribution < 1.29 is 13.2 Å². The highest BCUT2D eigenvalue weighted by Crippen LogP contribution is 2.22. The van der Waals surface area contributed by atoms with Crippen molar-refractivity contribution in [3.8, 4) is 0 Å². The van der Waals surface area contributed by atoms with Crippen LogP contribution in [0.4, 0.5) is 11.4 Å². The number of aromatic nitrogens is 2. The minimum Gasteiger partial charge on any atom is -0.385 e. The topological polar surface area (TPSA) is 116 Å².